The van der Waals surface area contributed by atoms with E-state index in [4.69, 9.17) is 13.9 Å². The molecule has 6 atom stereocenters. The Morgan fingerprint density at radius 3 is 2.73 bits per heavy atom. The first-order valence-corrected chi connectivity index (χ1v) is 11.0. The van der Waals surface area contributed by atoms with Crippen molar-refractivity contribution >= 4 is 11.0 Å². The second-order valence-corrected chi connectivity index (χ2v) is 10.0. The summed E-state index contributed by atoms with van der Waals surface area (Å²) in [6.45, 7) is 9.89. The number of rotatable bonds is 2. The highest BCUT2D eigenvalue weighted by Gasteiger charge is 2.60. The molecule has 1 saturated carbocycles. The molecule has 0 spiro atoms. The number of ether oxygens (including phenoxy) is 2. The van der Waals surface area contributed by atoms with Crippen LogP contribution in [0, 0.1) is 30.6 Å². The number of benzene rings is 1. The number of aliphatic hydroxyl groups is 1. The van der Waals surface area contributed by atoms with E-state index in [1.54, 1.807) is 19.9 Å². The maximum absolute atomic E-state index is 13.1. The van der Waals surface area contributed by atoms with E-state index in [1.807, 2.05) is 31.2 Å². The molecule has 1 aromatic carbocycles. The first kappa shape index (κ1) is 19.8. The molecule has 1 saturated heterocycles. The Hall–Kier alpha value is -2.11. The van der Waals surface area contributed by atoms with E-state index < -0.39 is 11.4 Å². The summed E-state index contributed by atoms with van der Waals surface area (Å²) >= 11 is 0. The molecule has 3 heterocycles. The molecular formula is C25H30O5. The van der Waals surface area contributed by atoms with Crippen LogP contribution >= 0.6 is 0 Å². The third-order valence-electron chi connectivity index (χ3n) is 7.44. The van der Waals surface area contributed by atoms with Crippen LogP contribution in [-0.4, -0.2) is 16.5 Å². The Bertz CT molecular complexity index is 1090. The highest BCUT2D eigenvalue weighted by molar-refractivity contribution is 5.88. The highest BCUT2D eigenvalue weighted by atomic mass is 16.7. The van der Waals surface area contributed by atoms with Crippen molar-refractivity contribution in [2.45, 2.75) is 65.0 Å². The van der Waals surface area contributed by atoms with Crippen LogP contribution in [0.4, 0.5) is 0 Å². The van der Waals surface area contributed by atoms with Crippen LogP contribution in [0.15, 0.2) is 39.6 Å². The van der Waals surface area contributed by atoms with Gasteiger partial charge in [0.15, 0.2) is 0 Å². The Kier molecular flexibility index (Phi) is 4.26. The minimum Gasteiger partial charge on any atom is -0.457 e. The molecule has 0 unspecified atom stereocenters. The molecule has 30 heavy (non-hydrogen) atoms. The first-order valence-electron chi connectivity index (χ1n) is 11.0. The molecule has 1 N–H and O–H groups in total. The van der Waals surface area contributed by atoms with E-state index in [-0.39, 0.29) is 23.6 Å². The van der Waals surface area contributed by atoms with Gasteiger partial charge in [0.2, 0.25) is 5.79 Å². The topological polar surface area (TPSA) is 68.9 Å². The van der Waals surface area contributed by atoms with Crippen LogP contribution in [0.3, 0.4) is 0 Å². The monoisotopic (exact) mass is 410 g/mol. The van der Waals surface area contributed by atoms with Crippen molar-refractivity contribution < 1.29 is 19.0 Å². The quantitative estimate of drug-likeness (QED) is 0.564. The molecule has 1 aliphatic carbocycles. The summed E-state index contributed by atoms with van der Waals surface area (Å²) in [6, 6.07) is 5.69. The third kappa shape index (κ3) is 2.78. The Balaban J connectivity index is 1.80. The van der Waals surface area contributed by atoms with Gasteiger partial charge in [-0.2, -0.15) is 0 Å². The molecule has 160 valence electrons. The molecule has 0 radical (unpaired) electrons. The predicted molar refractivity (Wildman–Crippen MR) is 114 cm³/mol. The van der Waals surface area contributed by atoms with Gasteiger partial charge in [0.05, 0.1) is 11.0 Å². The normalized spacial score (nSPS) is 35.3. The zero-order valence-electron chi connectivity index (χ0n) is 18.3. The lowest BCUT2D eigenvalue weighted by atomic mass is 9.70. The molecule has 5 rings (SSSR count). The average Bonchev–Trinajstić information content (AvgIpc) is 3.05. The zero-order chi connectivity index (χ0) is 21.4. The lowest BCUT2D eigenvalue weighted by Gasteiger charge is -2.53. The van der Waals surface area contributed by atoms with E-state index in [0.29, 0.717) is 28.7 Å². The van der Waals surface area contributed by atoms with Crippen molar-refractivity contribution in [1.82, 2.24) is 0 Å². The summed E-state index contributed by atoms with van der Waals surface area (Å²) in [7, 11) is 0. The van der Waals surface area contributed by atoms with E-state index in [1.165, 1.54) is 0 Å². The largest absolute Gasteiger partial charge is 0.457 e. The second kappa shape index (κ2) is 6.44. The number of hydrogen-bond donors (Lipinski definition) is 1. The van der Waals surface area contributed by atoms with Gasteiger partial charge in [-0.05, 0) is 62.7 Å². The summed E-state index contributed by atoms with van der Waals surface area (Å²) in [5.74, 6) is 0.728. The van der Waals surface area contributed by atoms with Gasteiger partial charge < -0.3 is 19.0 Å². The average molecular weight is 411 g/mol. The van der Waals surface area contributed by atoms with E-state index in [2.05, 4.69) is 13.8 Å². The summed E-state index contributed by atoms with van der Waals surface area (Å²) in [5, 5.41) is 11.2. The van der Waals surface area contributed by atoms with Crippen LogP contribution in [-0.2, 0) is 4.74 Å². The van der Waals surface area contributed by atoms with Crippen LogP contribution in [0.2, 0.25) is 0 Å². The van der Waals surface area contributed by atoms with Gasteiger partial charge in [0, 0.05) is 5.92 Å². The first-order chi connectivity index (χ1) is 14.1. The fourth-order valence-electron chi connectivity index (χ4n) is 5.87. The Morgan fingerprint density at radius 2 is 2.00 bits per heavy atom. The van der Waals surface area contributed by atoms with Crippen molar-refractivity contribution in [3.8, 4) is 5.75 Å². The molecular weight excluding hydrogens is 380 g/mol. The molecule has 5 heteroatoms. The minimum absolute atomic E-state index is 0.0850. The van der Waals surface area contributed by atoms with Gasteiger partial charge in [-0.15, -0.1) is 0 Å². The van der Waals surface area contributed by atoms with Crippen molar-refractivity contribution in [3.63, 3.8) is 0 Å². The smallest absolute Gasteiger partial charge is 0.345 e. The van der Waals surface area contributed by atoms with Gasteiger partial charge in [0.1, 0.15) is 23.0 Å². The molecule has 5 nitrogen and oxygen atoms in total. The van der Waals surface area contributed by atoms with Gasteiger partial charge >= 0.3 is 5.63 Å². The molecule has 2 aliphatic heterocycles. The maximum Gasteiger partial charge on any atom is 0.345 e. The molecule has 2 fully saturated rings. The standard InChI is InChI=1S/C25H30O5/c1-13-7-6-8-17-19(13)22-20(23(26)28-17)21-18-14(2)9-10-16(18)15(3)25(29-21,30-22)12-11-24(4,5)27/h6-8,11-12,14-16,18,21,27H,9-10H2,1-5H3/b12-11+/t14-,15+,16+,18+,21-,25+/m0/s1. The Morgan fingerprint density at radius 1 is 1.23 bits per heavy atom. The van der Waals surface area contributed by atoms with Crippen molar-refractivity contribution in [2.75, 3.05) is 0 Å². The van der Waals surface area contributed by atoms with Crippen LogP contribution in [0.25, 0.3) is 11.0 Å². The zero-order valence-corrected chi connectivity index (χ0v) is 18.3. The van der Waals surface area contributed by atoms with Gasteiger partial charge in [0.25, 0.3) is 0 Å². The van der Waals surface area contributed by atoms with E-state index in [0.717, 1.165) is 23.8 Å². The fourth-order valence-corrected chi connectivity index (χ4v) is 5.87. The molecule has 3 aliphatic rings. The summed E-state index contributed by atoms with van der Waals surface area (Å²) in [5.41, 5.74) is 0.673. The molecule has 2 bridgehead atoms. The molecule has 2 aromatic rings. The van der Waals surface area contributed by atoms with Crippen molar-refractivity contribution in [1.29, 1.82) is 0 Å². The van der Waals surface area contributed by atoms with Crippen molar-refractivity contribution in [2.24, 2.45) is 23.7 Å². The SMILES string of the molecule is Cc1cccc2oc(=O)c3c(c12)O[C@@]1(/C=C/C(C)(C)O)O[C@H]3[C@H]2[C@H](CC[C@@H]2C)[C@H]1C. The lowest BCUT2D eigenvalue weighted by molar-refractivity contribution is -0.285. The van der Waals surface area contributed by atoms with Gasteiger partial charge in [-0.3, -0.25) is 0 Å². The minimum atomic E-state index is -1.02. The highest BCUT2D eigenvalue weighted by Crippen LogP contribution is 2.61. The van der Waals surface area contributed by atoms with E-state index in [9.17, 15) is 9.90 Å². The summed E-state index contributed by atoms with van der Waals surface area (Å²) in [6.07, 6.45) is 5.43. The predicted octanol–water partition coefficient (Wildman–Crippen LogP) is 4.89. The summed E-state index contributed by atoms with van der Waals surface area (Å²) < 4.78 is 19.0. The van der Waals surface area contributed by atoms with Gasteiger partial charge in [-0.1, -0.05) is 38.5 Å². The molecule has 0 amide bonds. The number of hydrogen-bond acceptors (Lipinski definition) is 5. The third-order valence-corrected chi connectivity index (χ3v) is 7.44. The number of fused-ring (bicyclic) bond motifs is 8. The van der Waals surface area contributed by atoms with Gasteiger partial charge in [-0.25, -0.2) is 4.79 Å². The van der Waals surface area contributed by atoms with Crippen LogP contribution < -0.4 is 10.4 Å². The lowest BCUT2D eigenvalue weighted by Crippen LogP contribution is -2.57. The fraction of sp³-hybridized carbons (Fsp3) is 0.560. The van der Waals surface area contributed by atoms with Crippen LogP contribution in [0.1, 0.15) is 57.8 Å². The van der Waals surface area contributed by atoms with E-state index >= 15 is 0 Å². The summed E-state index contributed by atoms with van der Waals surface area (Å²) in [4.78, 5) is 13.1. The second-order valence-electron chi connectivity index (χ2n) is 10.0. The molecule has 1 aromatic heterocycles. The number of aryl methyl sites for hydroxylation is 1. The van der Waals surface area contributed by atoms with Crippen LogP contribution in [0.5, 0.6) is 5.75 Å². The Labute approximate surface area is 176 Å². The van der Waals surface area contributed by atoms with Crippen molar-refractivity contribution in [3.05, 3.63) is 51.9 Å². The maximum atomic E-state index is 13.1.